The molecule has 0 radical (unpaired) electrons. The number of halogens is 3. The number of carbonyl (C=O) groups is 3. The van der Waals surface area contributed by atoms with Gasteiger partial charge in [-0.15, -0.1) is 0 Å². The molecule has 0 atom stereocenters. The number of rotatable bonds is 6. The number of aryl methyl sites for hydroxylation is 1. The zero-order valence-corrected chi connectivity index (χ0v) is 17.7. The van der Waals surface area contributed by atoms with Crippen LogP contribution in [0.15, 0.2) is 34.9 Å². The fourth-order valence-corrected chi connectivity index (χ4v) is 3.17. The average molecular weight is 465 g/mol. The van der Waals surface area contributed by atoms with Gasteiger partial charge in [0.2, 0.25) is 0 Å². The number of esters is 2. The van der Waals surface area contributed by atoms with Crippen molar-refractivity contribution in [2.75, 3.05) is 27.3 Å². The van der Waals surface area contributed by atoms with E-state index in [0.29, 0.717) is 0 Å². The van der Waals surface area contributed by atoms with Crippen LogP contribution in [-0.2, 0) is 25.2 Å². The monoisotopic (exact) mass is 465 g/mol. The fraction of sp³-hybridized carbons (Fsp3) is 0.286. The number of methoxy groups -OCH3 is 2. The third-order valence-corrected chi connectivity index (χ3v) is 4.74. The lowest BCUT2D eigenvalue weighted by atomic mass is 10.0. The standard InChI is InChI=1S/C21H18F3N3O6/c1-11-18-13(20(30)27(9-16(28)31-2)10-17(29)32-3)8-15(25-19(18)33-26-11)12-6-4-5-7-14(12)21(22,23)24/h4-8H,9-10H2,1-3H3. The fourth-order valence-electron chi connectivity index (χ4n) is 3.17. The van der Waals surface area contributed by atoms with Gasteiger partial charge in [0.05, 0.1) is 42.1 Å². The lowest BCUT2D eigenvalue weighted by Crippen LogP contribution is -2.40. The van der Waals surface area contributed by atoms with Crippen molar-refractivity contribution in [3.05, 3.63) is 47.2 Å². The number of alkyl halides is 3. The first kappa shape index (κ1) is 23.7. The third-order valence-electron chi connectivity index (χ3n) is 4.74. The Morgan fingerprint density at radius 3 is 2.24 bits per heavy atom. The highest BCUT2D eigenvalue weighted by molar-refractivity contribution is 6.08. The second-order valence-electron chi connectivity index (χ2n) is 6.86. The summed E-state index contributed by atoms with van der Waals surface area (Å²) in [4.78, 5) is 42.0. The first-order valence-electron chi connectivity index (χ1n) is 9.43. The van der Waals surface area contributed by atoms with Gasteiger partial charge in [0.15, 0.2) is 0 Å². The topological polar surface area (TPSA) is 112 Å². The summed E-state index contributed by atoms with van der Waals surface area (Å²) in [7, 11) is 2.20. The molecule has 0 spiro atoms. The third kappa shape index (κ3) is 4.94. The van der Waals surface area contributed by atoms with Crippen LogP contribution < -0.4 is 0 Å². The van der Waals surface area contributed by atoms with Crippen LogP contribution in [0.3, 0.4) is 0 Å². The molecule has 3 aromatic rings. The molecule has 0 saturated carbocycles. The zero-order chi connectivity index (χ0) is 24.3. The molecule has 0 aliphatic heterocycles. The van der Waals surface area contributed by atoms with Crippen molar-refractivity contribution in [1.82, 2.24) is 15.0 Å². The molecule has 0 aliphatic rings. The normalized spacial score (nSPS) is 11.3. The number of aromatic nitrogens is 2. The minimum absolute atomic E-state index is 0.132. The first-order valence-corrected chi connectivity index (χ1v) is 9.43. The number of amides is 1. The van der Waals surface area contributed by atoms with Gasteiger partial charge in [-0.3, -0.25) is 14.4 Å². The highest BCUT2D eigenvalue weighted by atomic mass is 19.4. The Morgan fingerprint density at radius 1 is 1.06 bits per heavy atom. The Bertz CT molecular complexity index is 1200. The van der Waals surface area contributed by atoms with Crippen molar-refractivity contribution in [3.8, 4) is 11.3 Å². The molecule has 3 rings (SSSR count). The van der Waals surface area contributed by atoms with E-state index in [1.54, 1.807) is 0 Å². The molecule has 174 valence electrons. The van der Waals surface area contributed by atoms with Crippen LogP contribution in [0.5, 0.6) is 0 Å². The van der Waals surface area contributed by atoms with E-state index >= 15 is 0 Å². The van der Waals surface area contributed by atoms with Gasteiger partial charge in [0, 0.05) is 5.56 Å². The van der Waals surface area contributed by atoms with Crippen LogP contribution in [0, 0.1) is 6.92 Å². The smallest absolute Gasteiger partial charge is 0.417 e. The Balaban J connectivity index is 2.20. The van der Waals surface area contributed by atoms with E-state index < -0.39 is 42.7 Å². The summed E-state index contributed by atoms with van der Waals surface area (Å²) in [5.41, 5.74) is -1.55. The predicted octanol–water partition coefficient (Wildman–Crippen LogP) is 3.01. The van der Waals surface area contributed by atoms with E-state index in [1.807, 2.05) is 0 Å². The van der Waals surface area contributed by atoms with Gasteiger partial charge in [0.25, 0.3) is 11.6 Å². The molecule has 9 nitrogen and oxygen atoms in total. The van der Waals surface area contributed by atoms with Crippen LogP contribution in [0.1, 0.15) is 21.6 Å². The molecular weight excluding hydrogens is 447 g/mol. The second-order valence-corrected chi connectivity index (χ2v) is 6.86. The lowest BCUT2D eigenvalue weighted by Gasteiger charge is -2.21. The largest absolute Gasteiger partial charge is 0.468 e. The van der Waals surface area contributed by atoms with Crippen LogP contribution in [0.4, 0.5) is 13.2 Å². The molecule has 0 saturated heterocycles. The number of carbonyl (C=O) groups excluding carboxylic acids is 3. The molecule has 1 amide bonds. The summed E-state index contributed by atoms with van der Waals surface area (Å²) in [5, 5.41) is 3.88. The summed E-state index contributed by atoms with van der Waals surface area (Å²) in [6.45, 7) is 0.304. The molecule has 0 N–H and O–H groups in total. The Labute approximate surface area is 185 Å². The van der Waals surface area contributed by atoms with E-state index in [9.17, 15) is 27.6 Å². The molecule has 2 aromatic heterocycles. The molecule has 12 heteroatoms. The highest BCUT2D eigenvalue weighted by Crippen LogP contribution is 2.37. The summed E-state index contributed by atoms with van der Waals surface area (Å²) >= 11 is 0. The van der Waals surface area contributed by atoms with Gasteiger partial charge in [-0.25, -0.2) is 4.98 Å². The Kier molecular flexibility index (Phi) is 6.65. The van der Waals surface area contributed by atoms with Crippen LogP contribution in [0.25, 0.3) is 22.4 Å². The van der Waals surface area contributed by atoms with Gasteiger partial charge in [0.1, 0.15) is 13.1 Å². The predicted molar refractivity (Wildman–Crippen MR) is 107 cm³/mol. The zero-order valence-electron chi connectivity index (χ0n) is 17.7. The molecule has 33 heavy (non-hydrogen) atoms. The molecule has 1 aromatic carbocycles. The number of hydrogen-bond acceptors (Lipinski definition) is 8. The second kappa shape index (κ2) is 9.27. The molecule has 0 unspecified atom stereocenters. The molecule has 2 heterocycles. The molecule has 0 fully saturated rings. The maximum absolute atomic E-state index is 13.6. The Hall–Kier alpha value is -3.96. The molecule has 0 aliphatic carbocycles. The number of benzene rings is 1. The summed E-state index contributed by atoms with van der Waals surface area (Å²) in [6.07, 6.45) is -4.68. The maximum Gasteiger partial charge on any atom is 0.417 e. The number of pyridine rings is 1. The van der Waals surface area contributed by atoms with Gasteiger partial charge in [-0.1, -0.05) is 23.4 Å². The maximum atomic E-state index is 13.6. The van der Waals surface area contributed by atoms with Gasteiger partial charge >= 0.3 is 18.1 Å². The highest BCUT2D eigenvalue weighted by Gasteiger charge is 2.34. The SMILES string of the molecule is COC(=O)CN(CC(=O)OC)C(=O)c1cc(-c2ccccc2C(F)(F)F)nc2onc(C)c12. The number of ether oxygens (including phenoxy) is 2. The minimum atomic E-state index is -4.68. The summed E-state index contributed by atoms with van der Waals surface area (Å²) in [5.74, 6) is -2.49. The van der Waals surface area contributed by atoms with Gasteiger partial charge < -0.3 is 18.9 Å². The lowest BCUT2D eigenvalue weighted by molar-refractivity contribution is -0.144. The Morgan fingerprint density at radius 2 is 1.67 bits per heavy atom. The van der Waals surface area contributed by atoms with Crippen LogP contribution in [0.2, 0.25) is 0 Å². The van der Waals surface area contributed by atoms with Gasteiger partial charge in [-0.05, 0) is 19.1 Å². The van der Waals surface area contributed by atoms with E-state index in [-0.39, 0.29) is 33.6 Å². The van der Waals surface area contributed by atoms with E-state index in [0.717, 1.165) is 31.3 Å². The first-order chi connectivity index (χ1) is 15.6. The van der Waals surface area contributed by atoms with Crippen molar-refractivity contribution in [2.24, 2.45) is 0 Å². The summed E-state index contributed by atoms with van der Waals surface area (Å²) < 4.78 is 54.9. The van der Waals surface area contributed by atoms with Crippen molar-refractivity contribution in [3.63, 3.8) is 0 Å². The number of nitrogens with zero attached hydrogens (tertiary/aromatic N) is 3. The van der Waals surface area contributed by atoms with E-state index in [4.69, 9.17) is 4.52 Å². The van der Waals surface area contributed by atoms with Crippen molar-refractivity contribution in [1.29, 1.82) is 0 Å². The van der Waals surface area contributed by atoms with E-state index in [2.05, 4.69) is 19.6 Å². The molecular formula is C21H18F3N3O6. The van der Waals surface area contributed by atoms with Crippen LogP contribution in [-0.4, -0.2) is 60.2 Å². The van der Waals surface area contributed by atoms with Crippen molar-refractivity contribution in [2.45, 2.75) is 13.1 Å². The van der Waals surface area contributed by atoms with Crippen molar-refractivity contribution < 1.29 is 41.6 Å². The van der Waals surface area contributed by atoms with Crippen LogP contribution >= 0.6 is 0 Å². The number of fused-ring (bicyclic) bond motifs is 1. The minimum Gasteiger partial charge on any atom is -0.468 e. The van der Waals surface area contributed by atoms with Crippen molar-refractivity contribution >= 4 is 28.9 Å². The average Bonchev–Trinajstić information content (AvgIpc) is 3.17. The van der Waals surface area contributed by atoms with E-state index in [1.165, 1.54) is 25.1 Å². The van der Waals surface area contributed by atoms with Gasteiger partial charge in [-0.2, -0.15) is 13.2 Å². The summed E-state index contributed by atoms with van der Waals surface area (Å²) in [6, 6.07) is 5.85. The molecule has 0 bridgehead atoms. The quantitative estimate of drug-likeness (QED) is 0.511. The number of hydrogen-bond donors (Lipinski definition) is 0.